The lowest BCUT2D eigenvalue weighted by atomic mass is 9.96. The highest BCUT2D eigenvalue weighted by atomic mass is 32.1. The fourth-order valence-corrected chi connectivity index (χ4v) is 23.9. The number of thiophene rings is 2. The van der Waals surface area contributed by atoms with Crippen molar-refractivity contribution in [1.82, 2.24) is 9.97 Å². The molecule has 0 radical (unpaired) electrons. The van der Waals surface area contributed by atoms with E-state index >= 15 is 4.57 Å². The third kappa shape index (κ3) is 12.0. The van der Waals surface area contributed by atoms with E-state index in [1.54, 1.807) is 22.7 Å². The standard InChI is InChI=1S/C51H32NO2PS.C51H34NOPS/c53-55(37-12-3-1-4-13-37,38-14-5-2-6-15-38)39-29-26-34(27-30-39)33-22-24-35(25-23-33)50-51-49(43-17-8-10-21-47(43)56-51)41-31-28-36(32-44(41)52-50)40-18-11-20-46-48(40)42-16-7-9-19-45(42)54-46;53-54(42-22-6-2-7-23-42,43-24-8-3-9-25-43)44-26-14-20-39(33-44)38-19-13-21-41(32-38)50-51-49(46-27-10-11-28-48(46)55-51)45-30-29-40(34-47(45)52-50)37-18-12-17-36(31-37)35-15-4-1-5-16-35/h1-32H;1-34H. The molecule has 0 fully saturated rings. The van der Waals surface area contributed by atoms with Gasteiger partial charge in [0.2, 0.25) is 0 Å². The second-order valence-corrected chi connectivity index (χ2v) is 35.7. The van der Waals surface area contributed by atoms with Crippen molar-refractivity contribution in [3.63, 3.8) is 0 Å². The van der Waals surface area contributed by atoms with Crippen LogP contribution >= 0.6 is 37.0 Å². The molecular formula is C102H66N2O3P2S2. The van der Waals surface area contributed by atoms with Crippen LogP contribution in [0.3, 0.4) is 0 Å². The molecule has 111 heavy (non-hydrogen) atoms. The lowest BCUT2D eigenvalue weighted by molar-refractivity contribution is 0.591. The number of pyridine rings is 2. The summed E-state index contributed by atoms with van der Waals surface area (Å²) in [5.41, 5.74) is 18.9. The van der Waals surface area contributed by atoms with Crippen molar-refractivity contribution in [3.8, 4) is 78.1 Å². The Bertz CT molecular complexity index is 7160. The zero-order valence-electron chi connectivity index (χ0n) is 59.9. The van der Waals surface area contributed by atoms with Crippen molar-refractivity contribution in [3.05, 3.63) is 400 Å². The molecule has 16 aromatic carbocycles. The number of hydrogen-bond acceptors (Lipinski definition) is 7. The first-order chi connectivity index (χ1) is 54.8. The smallest absolute Gasteiger partial charge is 0.171 e. The van der Waals surface area contributed by atoms with Crippen LogP contribution in [-0.2, 0) is 9.13 Å². The summed E-state index contributed by atoms with van der Waals surface area (Å²) in [6.45, 7) is 0. The lowest BCUT2D eigenvalue weighted by Gasteiger charge is -2.20. The van der Waals surface area contributed by atoms with E-state index in [1.807, 2.05) is 164 Å². The Morgan fingerprint density at radius 3 is 1.13 bits per heavy atom. The average molecular weight is 1490 g/mol. The minimum Gasteiger partial charge on any atom is -0.456 e. The number of benzene rings is 16. The molecule has 0 N–H and O–H groups in total. The molecule has 0 amide bonds. The van der Waals surface area contributed by atoms with Crippen molar-refractivity contribution >= 4 is 153 Å². The number of para-hydroxylation sites is 1. The first kappa shape index (κ1) is 67.4. The van der Waals surface area contributed by atoms with Crippen LogP contribution in [0.15, 0.2) is 405 Å². The van der Waals surface area contributed by atoms with Crippen LogP contribution in [0.4, 0.5) is 0 Å². The van der Waals surface area contributed by atoms with Gasteiger partial charge < -0.3 is 13.5 Å². The maximum atomic E-state index is 15.3. The van der Waals surface area contributed by atoms with Gasteiger partial charge in [0.25, 0.3) is 0 Å². The van der Waals surface area contributed by atoms with E-state index in [2.05, 4.69) is 237 Å². The molecule has 0 aliphatic rings. The quantitative estimate of drug-likeness (QED) is 0.108. The van der Waals surface area contributed by atoms with Crippen molar-refractivity contribution in [2.45, 2.75) is 0 Å². The molecule has 9 heteroatoms. The van der Waals surface area contributed by atoms with Crippen molar-refractivity contribution < 1.29 is 13.5 Å². The Morgan fingerprint density at radius 2 is 0.568 bits per heavy atom. The summed E-state index contributed by atoms with van der Waals surface area (Å²) in [5.74, 6) is 0. The van der Waals surface area contributed by atoms with Crippen LogP contribution in [0.1, 0.15) is 0 Å². The van der Waals surface area contributed by atoms with Crippen LogP contribution in [0, 0.1) is 0 Å². The number of fused-ring (bicyclic) bond motifs is 13. The normalized spacial score (nSPS) is 11.9. The average Bonchev–Trinajstić information content (AvgIpc) is 1.63. The van der Waals surface area contributed by atoms with E-state index in [0.717, 1.165) is 143 Å². The van der Waals surface area contributed by atoms with Gasteiger partial charge in [-0.25, -0.2) is 9.97 Å². The Morgan fingerprint density at radius 1 is 0.225 bits per heavy atom. The molecule has 0 saturated heterocycles. The Kier molecular flexibility index (Phi) is 17.1. The number of furan rings is 1. The summed E-state index contributed by atoms with van der Waals surface area (Å²) in [5, 5.41) is 14.5. The van der Waals surface area contributed by atoms with Gasteiger partial charge in [-0.2, -0.15) is 0 Å². The number of nitrogens with zero attached hydrogens (tertiary/aromatic N) is 2. The molecule has 0 aliphatic carbocycles. The lowest BCUT2D eigenvalue weighted by Crippen LogP contribution is -2.25. The summed E-state index contributed by atoms with van der Waals surface area (Å²) >= 11 is 3.60. The molecule has 0 saturated carbocycles. The van der Waals surface area contributed by atoms with Crippen LogP contribution in [0.5, 0.6) is 0 Å². The maximum Gasteiger partial charge on any atom is 0.171 e. The molecule has 5 heterocycles. The van der Waals surface area contributed by atoms with E-state index in [-0.39, 0.29) is 0 Å². The summed E-state index contributed by atoms with van der Waals surface area (Å²) in [6, 6.07) is 138. The molecule has 0 unspecified atom stereocenters. The third-order valence-corrected chi connectivity index (χ3v) is 30.0. The summed E-state index contributed by atoms with van der Waals surface area (Å²) < 4.78 is 41.3. The minimum atomic E-state index is -3.13. The fourth-order valence-electron chi connectivity index (χ4n) is 16.1. The SMILES string of the molecule is O=P(c1ccccc1)(c1ccccc1)c1ccc(-c2ccc(-c3nc4cc(-c5cccc6oc7ccccc7c56)ccc4c4c3sc3ccccc34)cc2)cc1.O=P(c1ccccc1)(c1ccccc1)c1cccc(-c2cccc(-c3nc4cc(-c5cccc(-c6ccccc6)c5)ccc4c4c3sc3ccccc34)c2)c1. The molecule has 524 valence electrons. The monoisotopic (exact) mass is 1490 g/mol. The molecule has 0 spiro atoms. The second kappa shape index (κ2) is 28.2. The molecule has 0 bridgehead atoms. The summed E-state index contributed by atoms with van der Waals surface area (Å²) in [7, 11) is -6.18. The largest absolute Gasteiger partial charge is 0.456 e. The van der Waals surface area contributed by atoms with Crippen LogP contribution in [0.2, 0.25) is 0 Å². The minimum absolute atomic E-state index is 0.812. The number of aromatic nitrogens is 2. The van der Waals surface area contributed by atoms with Crippen molar-refractivity contribution in [1.29, 1.82) is 0 Å². The molecule has 21 aromatic rings. The first-order valence-electron chi connectivity index (χ1n) is 37.2. The van der Waals surface area contributed by atoms with E-state index in [0.29, 0.717) is 0 Å². The van der Waals surface area contributed by atoms with Crippen molar-refractivity contribution in [2.24, 2.45) is 0 Å². The van der Waals surface area contributed by atoms with Gasteiger partial charge in [-0.1, -0.05) is 346 Å². The van der Waals surface area contributed by atoms with Crippen molar-refractivity contribution in [2.75, 3.05) is 0 Å². The Balaban J connectivity index is 0.000000145. The van der Waals surface area contributed by atoms with Gasteiger partial charge in [0.1, 0.15) is 11.2 Å². The predicted molar refractivity (Wildman–Crippen MR) is 473 cm³/mol. The first-order valence-corrected chi connectivity index (χ1v) is 42.2. The molecule has 0 aliphatic heterocycles. The Labute approximate surface area is 650 Å². The van der Waals surface area contributed by atoms with E-state index in [1.165, 1.54) is 51.5 Å². The maximum absolute atomic E-state index is 15.3. The van der Waals surface area contributed by atoms with Gasteiger partial charge in [0.15, 0.2) is 14.3 Å². The molecule has 0 atom stereocenters. The van der Waals surface area contributed by atoms with Gasteiger partial charge >= 0.3 is 0 Å². The number of rotatable bonds is 13. The zero-order chi connectivity index (χ0) is 74.0. The highest BCUT2D eigenvalue weighted by molar-refractivity contribution is 7.85. The topological polar surface area (TPSA) is 73.1 Å². The molecule has 21 rings (SSSR count). The zero-order valence-corrected chi connectivity index (χ0v) is 63.4. The van der Waals surface area contributed by atoms with E-state index < -0.39 is 14.3 Å². The number of hydrogen-bond donors (Lipinski definition) is 0. The summed E-state index contributed by atoms with van der Waals surface area (Å²) in [6.07, 6.45) is 0. The fraction of sp³-hybridized carbons (Fsp3) is 0. The molecular weight excluding hydrogens is 1430 g/mol. The molecule has 5 aromatic heterocycles. The van der Waals surface area contributed by atoms with Gasteiger partial charge in [-0.15, -0.1) is 22.7 Å². The van der Waals surface area contributed by atoms with Gasteiger partial charge in [-0.05, 0) is 110 Å². The van der Waals surface area contributed by atoms with E-state index in [4.69, 9.17) is 14.4 Å². The second-order valence-electron chi connectivity index (χ2n) is 28.0. The van der Waals surface area contributed by atoms with Crippen LogP contribution in [0.25, 0.3) is 162 Å². The highest BCUT2D eigenvalue weighted by Gasteiger charge is 2.32. The van der Waals surface area contributed by atoms with Gasteiger partial charge in [0, 0.05) is 95.4 Å². The molecule has 5 nitrogen and oxygen atoms in total. The summed E-state index contributed by atoms with van der Waals surface area (Å²) in [4.78, 5) is 10.9. The van der Waals surface area contributed by atoms with Crippen LogP contribution in [-0.4, -0.2) is 9.97 Å². The highest BCUT2D eigenvalue weighted by Crippen LogP contribution is 2.49. The van der Waals surface area contributed by atoms with E-state index in [9.17, 15) is 4.57 Å². The predicted octanol–water partition coefficient (Wildman–Crippen LogP) is 26.1. The Hall–Kier alpha value is -13.0. The van der Waals surface area contributed by atoms with Crippen LogP contribution < -0.4 is 31.8 Å². The van der Waals surface area contributed by atoms with Gasteiger partial charge in [-0.3, -0.25) is 0 Å². The van der Waals surface area contributed by atoms with Gasteiger partial charge in [0.05, 0.1) is 31.8 Å². The third-order valence-electron chi connectivity index (χ3n) is 21.5.